The zero-order valence-corrected chi connectivity index (χ0v) is 15.3. The number of benzene rings is 1. The van der Waals surface area contributed by atoms with Gasteiger partial charge in [0.2, 0.25) is 0 Å². The van der Waals surface area contributed by atoms with Gasteiger partial charge in [-0.2, -0.15) is 0 Å². The van der Waals surface area contributed by atoms with Crippen molar-refractivity contribution < 1.29 is 13.7 Å². The Morgan fingerprint density at radius 1 is 0.958 bits per heavy atom. The van der Waals surface area contributed by atoms with Crippen LogP contribution in [-0.4, -0.2) is 18.3 Å². The van der Waals surface area contributed by atoms with E-state index >= 15 is 0 Å². The zero-order valence-electron chi connectivity index (χ0n) is 15.3. The summed E-state index contributed by atoms with van der Waals surface area (Å²) in [6, 6.07) is 7.16. The van der Waals surface area contributed by atoms with Crippen molar-refractivity contribution in [2.24, 2.45) is 0 Å². The average molecular weight is 328 g/mol. The number of hydrogen-bond donors (Lipinski definition) is 0. The predicted molar refractivity (Wildman–Crippen MR) is 98.7 cm³/mol. The Labute approximate surface area is 143 Å². The van der Waals surface area contributed by atoms with Crippen LogP contribution in [0.3, 0.4) is 0 Å². The Balaban J connectivity index is 0.000000471. The van der Waals surface area contributed by atoms with Crippen LogP contribution in [0.25, 0.3) is 11.0 Å². The van der Waals surface area contributed by atoms with Gasteiger partial charge in [-0.25, -0.2) is 0 Å². The van der Waals surface area contributed by atoms with Gasteiger partial charge in [-0.05, 0) is 53.7 Å². The molecule has 0 saturated carbocycles. The van der Waals surface area contributed by atoms with E-state index in [9.17, 15) is 4.79 Å². The summed E-state index contributed by atoms with van der Waals surface area (Å²) < 4.78 is 17.3. The van der Waals surface area contributed by atoms with E-state index in [1.165, 1.54) is 6.26 Å². The van der Waals surface area contributed by atoms with Crippen molar-refractivity contribution >= 4 is 23.6 Å². The molecule has 0 bridgehead atoms. The average Bonchev–Trinajstić information content (AvgIpc) is 2.76. The van der Waals surface area contributed by atoms with Crippen LogP contribution in [0.4, 0.5) is 0 Å². The molecule has 1 saturated heterocycles. The maximum absolute atomic E-state index is 12.5. The summed E-state index contributed by atoms with van der Waals surface area (Å²) in [5.41, 5.74) is -0.0867. The standard InChI is InChI=1S/C15H17BO4.C4H8/c1-14(2)15(3,4)20-16(19-14)11-9-18-12-8-6-5-7-10(12)13(11)17;1-3-4-2/h5-9H,1-4H3;3-4H,1-2H3. The summed E-state index contributed by atoms with van der Waals surface area (Å²) in [5.74, 6) is 0. The monoisotopic (exact) mass is 328 g/mol. The molecule has 1 fully saturated rings. The molecule has 5 heteroatoms. The van der Waals surface area contributed by atoms with Gasteiger partial charge in [0.25, 0.3) is 0 Å². The van der Waals surface area contributed by atoms with Crippen molar-refractivity contribution in [1.29, 1.82) is 0 Å². The van der Waals surface area contributed by atoms with E-state index in [1.54, 1.807) is 12.1 Å². The van der Waals surface area contributed by atoms with Crippen LogP contribution in [0.1, 0.15) is 41.5 Å². The molecule has 128 valence electrons. The summed E-state index contributed by atoms with van der Waals surface area (Å²) in [4.78, 5) is 12.5. The Kier molecular flexibility index (Phi) is 5.36. The van der Waals surface area contributed by atoms with Gasteiger partial charge in [-0.3, -0.25) is 4.79 Å². The normalized spacial score (nSPS) is 18.7. The Hall–Kier alpha value is -1.85. The van der Waals surface area contributed by atoms with Gasteiger partial charge in [0, 0.05) is 0 Å². The Morgan fingerprint density at radius 2 is 1.50 bits per heavy atom. The van der Waals surface area contributed by atoms with Crippen molar-refractivity contribution in [1.82, 2.24) is 0 Å². The fourth-order valence-corrected chi connectivity index (χ4v) is 2.23. The quantitative estimate of drug-likeness (QED) is 0.592. The van der Waals surface area contributed by atoms with Gasteiger partial charge in [0.15, 0.2) is 5.43 Å². The molecule has 1 aliphatic heterocycles. The van der Waals surface area contributed by atoms with Crippen LogP contribution in [-0.2, 0) is 9.31 Å². The lowest BCUT2D eigenvalue weighted by atomic mass is 9.80. The maximum atomic E-state index is 12.5. The van der Waals surface area contributed by atoms with Gasteiger partial charge in [-0.1, -0.05) is 24.3 Å². The van der Waals surface area contributed by atoms with Gasteiger partial charge in [0.05, 0.1) is 28.3 Å². The summed E-state index contributed by atoms with van der Waals surface area (Å²) in [7, 11) is -0.694. The summed E-state index contributed by atoms with van der Waals surface area (Å²) in [6.07, 6.45) is 5.44. The molecule has 1 aromatic carbocycles. The molecule has 0 atom stereocenters. The maximum Gasteiger partial charge on any atom is 0.502 e. The summed E-state index contributed by atoms with van der Waals surface area (Å²) >= 11 is 0. The van der Waals surface area contributed by atoms with Gasteiger partial charge in [0.1, 0.15) is 5.58 Å². The van der Waals surface area contributed by atoms with E-state index in [-0.39, 0.29) is 5.43 Å². The van der Waals surface area contributed by atoms with Crippen molar-refractivity contribution in [3.63, 3.8) is 0 Å². The van der Waals surface area contributed by atoms with Crippen LogP contribution < -0.4 is 10.9 Å². The minimum absolute atomic E-state index is 0.106. The van der Waals surface area contributed by atoms with Crippen LogP contribution in [0.2, 0.25) is 0 Å². The molecular formula is C19H25BO4. The number of allylic oxidation sites excluding steroid dienone is 2. The molecule has 2 aromatic rings. The van der Waals surface area contributed by atoms with Gasteiger partial charge >= 0.3 is 7.12 Å². The van der Waals surface area contributed by atoms with Gasteiger partial charge < -0.3 is 13.7 Å². The molecule has 0 aliphatic carbocycles. The molecule has 0 amide bonds. The first-order chi connectivity index (χ1) is 11.2. The number of fused-ring (bicyclic) bond motifs is 1. The molecule has 24 heavy (non-hydrogen) atoms. The molecule has 4 nitrogen and oxygen atoms in total. The van der Waals surface area contributed by atoms with E-state index in [4.69, 9.17) is 13.7 Å². The van der Waals surface area contributed by atoms with E-state index in [1.807, 2.05) is 65.8 Å². The highest BCUT2D eigenvalue weighted by atomic mass is 16.7. The molecular weight excluding hydrogens is 303 g/mol. The highest BCUT2D eigenvalue weighted by molar-refractivity contribution is 6.62. The molecule has 1 aromatic heterocycles. The first kappa shape index (κ1) is 18.5. The van der Waals surface area contributed by atoms with Crippen LogP contribution in [0.5, 0.6) is 0 Å². The Morgan fingerprint density at radius 3 is 2.04 bits per heavy atom. The molecule has 0 unspecified atom stereocenters. The largest absolute Gasteiger partial charge is 0.502 e. The number of para-hydroxylation sites is 1. The Bertz CT molecular complexity index is 769. The first-order valence-corrected chi connectivity index (χ1v) is 8.17. The molecule has 2 heterocycles. The molecule has 0 radical (unpaired) electrons. The van der Waals surface area contributed by atoms with Crippen molar-refractivity contribution in [3.8, 4) is 0 Å². The van der Waals surface area contributed by atoms with Crippen molar-refractivity contribution in [3.05, 3.63) is 52.9 Å². The molecule has 0 spiro atoms. The van der Waals surface area contributed by atoms with Gasteiger partial charge in [-0.15, -0.1) is 0 Å². The van der Waals surface area contributed by atoms with Crippen LogP contribution >= 0.6 is 0 Å². The third-order valence-corrected chi connectivity index (χ3v) is 4.55. The fourth-order valence-electron chi connectivity index (χ4n) is 2.23. The lowest BCUT2D eigenvalue weighted by Gasteiger charge is -2.32. The second-order valence-electron chi connectivity index (χ2n) is 6.77. The lowest BCUT2D eigenvalue weighted by molar-refractivity contribution is 0.00578. The molecule has 3 rings (SSSR count). The van der Waals surface area contributed by atoms with E-state index in [0.717, 1.165) is 0 Å². The lowest BCUT2D eigenvalue weighted by Crippen LogP contribution is -2.43. The van der Waals surface area contributed by atoms with Crippen LogP contribution in [0, 0.1) is 0 Å². The van der Waals surface area contributed by atoms with E-state index in [0.29, 0.717) is 16.4 Å². The highest BCUT2D eigenvalue weighted by Crippen LogP contribution is 2.36. The third kappa shape index (κ3) is 3.47. The van der Waals surface area contributed by atoms with E-state index < -0.39 is 18.3 Å². The number of rotatable bonds is 1. The minimum atomic E-state index is -0.694. The molecule has 1 aliphatic rings. The smallest absolute Gasteiger partial charge is 0.464 e. The number of hydrogen-bond acceptors (Lipinski definition) is 4. The topological polar surface area (TPSA) is 48.7 Å². The SMILES string of the molecule is CC1(C)OB(c2coc3ccccc3c2=O)OC1(C)C.CC=CC. The van der Waals surface area contributed by atoms with E-state index in [2.05, 4.69) is 0 Å². The zero-order chi connectivity index (χ0) is 18.0. The minimum Gasteiger partial charge on any atom is -0.464 e. The second kappa shape index (κ2) is 6.95. The summed E-state index contributed by atoms with van der Waals surface area (Å²) in [5, 5.41) is 0.541. The van der Waals surface area contributed by atoms with Crippen molar-refractivity contribution in [2.75, 3.05) is 0 Å². The first-order valence-electron chi connectivity index (χ1n) is 8.17. The predicted octanol–water partition coefficient (Wildman–Crippen LogP) is 3.67. The summed E-state index contributed by atoms with van der Waals surface area (Å²) in [6.45, 7) is 11.8. The highest BCUT2D eigenvalue weighted by Gasteiger charge is 2.52. The van der Waals surface area contributed by atoms with Crippen LogP contribution in [0.15, 0.2) is 51.9 Å². The second-order valence-corrected chi connectivity index (χ2v) is 6.77. The fraction of sp³-hybridized carbons (Fsp3) is 0.421. The third-order valence-electron chi connectivity index (χ3n) is 4.55. The molecule has 0 N–H and O–H groups in total. The van der Waals surface area contributed by atoms with Crippen molar-refractivity contribution in [2.45, 2.75) is 52.7 Å².